The van der Waals surface area contributed by atoms with Crippen molar-refractivity contribution in [3.8, 4) is 17.2 Å². The minimum absolute atomic E-state index is 0.0809. The molecule has 2 atom stereocenters. The minimum atomic E-state index is -0.423. The molecule has 0 bridgehead atoms. The van der Waals surface area contributed by atoms with Crippen LogP contribution >= 0.6 is 0 Å². The van der Waals surface area contributed by atoms with Crippen LogP contribution in [0.4, 0.5) is 0 Å². The lowest BCUT2D eigenvalue weighted by Gasteiger charge is -2.38. The van der Waals surface area contributed by atoms with Gasteiger partial charge >= 0.3 is 0 Å². The number of fused-ring (bicyclic) bond motifs is 4. The summed E-state index contributed by atoms with van der Waals surface area (Å²) in [5.41, 5.74) is 4.23. The third kappa shape index (κ3) is 3.20. The first-order valence-corrected chi connectivity index (χ1v) is 11.1. The van der Waals surface area contributed by atoms with E-state index in [1.54, 1.807) is 14.2 Å². The molecule has 0 aromatic heterocycles. The van der Waals surface area contributed by atoms with Gasteiger partial charge in [-0.3, -0.25) is 0 Å². The highest BCUT2D eigenvalue weighted by Gasteiger charge is 2.42. The Balaban J connectivity index is 1.47. The Morgan fingerprint density at radius 3 is 2.45 bits per heavy atom. The first-order valence-electron chi connectivity index (χ1n) is 11.1. The van der Waals surface area contributed by atoms with E-state index in [-0.39, 0.29) is 6.04 Å². The van der Waals surface area contributed by atoms with Crippen molar-refractivity contribution in [3.63, 3.8) is 0 Å². The van der Waals surface area contributed by atoms with Crippen LogP contribution in [0, 0.1) is 0 Å². The molecule has 2 heterocycles. The van der Waals surface area contributed by atoms with Crippen molar-refractivity contribution in [2.75, 3.05) is 14.2 Å². The van der Waals surface area contributed by atoms with Crippen LogP contribution in [-0.4, -0.2) is 24.9 Å². The number of methoxy groups -OCH3 is 2. The highest BCUT2D eigenvalue weighted by atomic mass is 16.5. The van der Waals surface area contributed by atoms with Crippen LogP contribution in [0.5, 0.6) is 17.2 Å². The van der Waals surface area contributed by atoms with Gasteiger partial charge in [0, 0.05) is 12.0 Å². The van der Waals surface area contributed by atoms with Gasteiger partial charge < -0.3 is 14.2 Å². The van der Waals surface area contributed by atoms with E-state index in [1.165, 1.54) is 10.8 Å². The van der Waals surface area contributed by atoms with Crippen molar-refractivity contribution < 1.29 is 14.2 Å². The summed E-state index contributed by atoms with van der Waals surface area (Å²) in [5, 5.41) is 9.62. The lowest BCUT2D eigenvalue weighted by molar-refractivity contribution is -0.0205. The average molecular weight is 437 g/mol. The van der Waals surface area contributed by atoms with E-state index in [0.29, 0.717) is 11.5 Å². The van der Waals surface area contributed by atoms with Crippen molar-refractivity contribution in [2.24, 2.45) is 5.10 Å². The number of para-hydroxylation sites is 2. The molecule has 4 aromatic carbocycles. The molecule has 0 saturated carbocycles. The van der Waals surface area contributed by atoms with E-state index in [4.69, 9.17) is 19.3 Å². The van der Waals surface area contributed by atoms with Crippen molar-refractivity contribution in [1.82, 2.24) is 5.01 Å². The number of benzene rings is 4. The fourth-order valence-corrected chi connectivity index (χ4v) is 4.89. The number of hydrogen-bond donors (Lipinski definition) is 0. The van der Waals surface area contributed by atoms with Gasteiger partial charge in [-0.05, 0) is 40.6 Å². The molecule has 0 saturated heterocycles. The summed E-state index contributed by atoms with van der Waals surface area (Å²) in [4.78, 5) is 0. The van der Waals surface area contributed by atoms with Crippen molar-refractivity contribution in [3.05, 3.63) is 102 Å². The second-order valence-electron chi connectivity index (χ2n) is 8.30. The maximum atomic E-state index is 6.51. The van der Waals surface area contributed by atoms with Gasteiger partial charge in [-0.25, -0.2) is 5.01 Å². The van der Waals surface area contributed by atoms with E-state index < -0.39 is 6.23 Å². The smallest absolute Gasteiger partial charge is 0.217 e. The van der Waals surface area contributed by atoms with Gasteiger partial charge in [-0.1, -0.05) is 60.7 Å². The Kier molecular flexibility index (Phi) is 4.68. The molecule has 5 nitrogen and oxygen atoms in total. The van der Waals surface area contributed by atoms with Crippen LogP contribution in [0.3, 0.4) is 0 Å². The number of nitrogens with zero attached hydrogens (tertiary/aromatic N) is 2. The summed E-state index contributed by atoms with van der Waals surface area (Å²) in [6.45, 7) is 0. The molecule has 0 unspecified atom stereocenters. The first kappa shape index (κ1) is 19.7. The first-order chi connectivity index (χ1) is 16.3. The number of hydrogen-bond acceptors (Lipinski definition) is 5. The van der Waals surface area contributed by atoms with Gasteiger partial charge in [-0.2, -0.15) is 5.10 Å². The molecule has 5 heteroatoms. The van der Waals surface area contributed by atoms with Gasteiger partial charge in [-0.15, -0.1) is 0 Å². The molecular weight excluding hydrogens is 412 g/mol. The van der Waals surface area contributed by atoms with Crippen LogP contribution in [0.2, 0.25) is 0 Å². The third-order valence-electron chi connectivity index (χ3n) is 6.48. The maximum Gasteiger partial charge on any atom is 0.217 e. The largest absolute Gasteiger partial charge is 0.493 e. The molecule has 6 rings (SSSR count). The van der Waals surface area contributed by atoms with Gasteiger partial charge in [0.2, 0.25) is 6.23 Å². The quantitative estimate of drug-likeness (QED) is 0.388. The van der Waals surface area contributed by atoms with E-state index in [1.807, 2.05) is 30.3 Å². The lowest BCUT2D eigenvalue weighted by atomic mass is 9.95. The summed E-state index contributed by atoms with van der Waals surface area (Å²) in [6, 6.07) is 29.1. The van der Waals surface area contributed by atoms with Crippen molar-refractivity contribution in [1.29, 1.82) is 0 Å². The summed E-state index contributed by atoms with van der Waals surface area (Å²) in [6.07, 6.45) is 0.384. The summed E-state index contributed by atoms with van der Waals surface area (Å²) < 4.78 is 17.8. The summed E-state index contributed by atoms with van der Waals surface area (Å²) >= 11 is 0. The SMILES string of the molecule is COc1cccc([C@H]2Oc3ccccc3[C@@H]3CC(c4ccc5ccccc5c4)=NN23)c1OC. The number of ether oxygens (including phenoxy) is 3. The Morgan fingerprint density at radius 2 is 1.61 bits per heavy atom. The zero-order valence-corrected chi connectivity index (χ0v) is 18.6. The molecule has 0 spiro atoms. The lowest BCUT2D eigenvalue weighted by Crippen LogP contribution is -2.34. The number of rotatable bonds is 4. The average Bonchev–Trinajstić information content (AvgIpc) is 3.33. The molecule has 0 radical (unpaired) electrons. The van der Waals surface area contributed by atoms with Crippen molar-refractivity contribution in [2.45, 2.75) is 18.7 Å². The summed E-state index contributed by atoms with van der Waals surface area (Å²) in [7, 11) is 3.30. The molecular formula is C28H24N2O3. The van der Waals surface area contributed by atoms with E-state index in [0.717, 1.165) is 34.6 Å². The molecule has 0 fully saturated rings. The van der Waals surface area contributed by atoms with Crippen LogP contribution in [0.25, 0.3) is 10.8 Å². The van der Waals surface area contributed by atoms with Crippen LogP contribution in [0.1, 0.15) is 35.4 Å². The highest BCUT2D eigenvalue weighted by molar-refractivity contribution is 6.04. The number of hydrazone groups is 1. The molecule has 164 valence electrons. The Bertz CT molecular complexity index is 1380. The maximum absolute atomic E-state index is 6.51. The third-order valence-corrected chi connectivity index (χ3v) is 6.48. The van der Waals surface area contributed by atoms with Gasteiger partial charge in [0.15, 0.2) is 11.5 Å². The van der Waals surface area contributed by atoms with E-state index in [9.17, 15) is 0 Å². The fraction of sp³-hybridized carbons (Fsp3) is 0.179. The van der Waals surface area contributed by atoms with E-state index in [2.05, 4.69) is 59.6 Å². The normalized spacial score (nSPS) is 18.8. The molecule has 0 amide bonds. The molecule has 0 N–H and O–H groups in total. The second-order valence-corrected chi connectivity index (χ2v) is 8.30. The molecule has 2 aliphatic heterocycles. The predicted octanol–water partition coefficient (Wildman–Crippen LogP) is 6.10. The summed E-state index contributed by atoms with van der Waals surface area (Å²) in [5.74, 6) is 2.22. The molecule has 2 aliphatic rings. The molecule has 4 aromatic rings. The van der Waals surface area contributed by atoms with Crippen LogP contribution < -0.4 is 14.2 Å². The Hall–Kier alpha value is -3.99. The Morgan fingerprint density at radius 1 is 0.818 bits per heavy atom. The molecule has 33 heavy (non-hydrogen) atoms. The minimum Gasteiger partial charge on any atom is -0.493 e. The predicted molar refractivity (Wildman–Crippen MR) is 129 cm³/mol. The van der Waals surface area contributed by atoms with Gasteiger partial charge in [0.05, 0.1) is 31.5 Å². The Labute approximate surface area is 192 Å². The second kappa shape index (κ2) is 7.85. The van der Waals surface area contributed by atoms with Gasteiger partial charge in [0.1, 0.15) is 5.75 Å². The van der Waals surface area contributed by atoms with Crippen LogP contribution in [-0.2, 0) is 0 Å². The standard InChI is InChI=1S/C28H24N2O3/c1-31-26-13-7-11-22(27(26)32-2)28-30-24(21-10-5-6-12-25(21)33-28)17-23(29-30)20-15-14-18-8-3-4-9-19(18)16-20/h3-16,24,28H,17H2,1-2H3/t24-,28+/m0/s1. The fourth-order valence-electron chi connectivity index (χ4n) is 4.89. The topological polar surface area (TPSA) is 43.3 Å². The van der Waals surface area contributed by atoms with E-state index >= 15 is 0 Å². The zero-order valence-electron chi connectivity index (χ0n) is 18.6. The van der Waals surface area contributed by atoms with Gasteiger partial charge in [0.25, 0.3) is 0 Å². The van der Waals surface area contributed by atoms with Crippen molar-refractivity contribution >= 4 is 16.5 Å². The monoisotopic (exact) mass is 436 g/mol. The zero-order chi connectivity index (χ0) is 22.4. The highest BCUT2D eigenvalue weighted by Crippen LogP contribution is 2.50. The van der Waals surface area contributed by atoms with Crippen LogP contribution in [0.15, 0.2) is 90.0 Å². The molecule has 0 aliphatic carbocycles.